The first kappa shape index (κ1) is 15.5. The molecular weight excluding hydrogens is 240 g/mol. The largest absolute Gasteiger partial charge is 0.480 e. The average molecular weight is 264 g/mol. The number of carboxylic acids is 1. The number of carboxylic acid groups (broad SMARTS) is 1. The van der Waals surface area contributed by atoms with Crippen LogP contribution in [-0.2, 0) is 11.3 Å². The maximum Gasteiger partial charge on any atom is 0.323 e. The summed E-state index contributed by atoms with van der Waals surface area (Å²) in [5, 5.41) is 9.29. The van der Waals surface area contributed by atoms with E-state index in [9.17, 15) is 9.90 Å². The second kappa shape index (κ2) is 6.06. The Morgan fingerprint density at radius 1 is 1.21 bits per heavy atom. The number of nitrogens with zero attached hydrogens (tertiary/aromatic N) is 2. The predicted octanol–water partition coefficient (Wildman–Crippen LogP) is 2.44. The van der Waals surface area contributed by atoms with Gasteiger partial charge in [0.15, 0.2) is 0 Å². The first-order valence-electron chi connectivity index (χ1n) is 6.53. The second-order valence-corrected chi connectivity index (χ2v) is 5.44. The summed E-state index contributed by atoms with van der Waals surface area (Å²) in [4.78, 5) is 15.3. The summed E-state index contributed by atoms with van der Waals surface area (Å²) in [6.45, 7) is 6.82. The first-order chi connectivity index (χ1) is 8.78. The third kappa shape index (κ3) is 3.70. The molecule has 1 rings (SSSR count). The van der Waals surface area contributed by atoms with Gasteiger partial charge >= 0.3 is 5.97 Å². The zero-order valence-corrected chi connectivity index (χ0v) is 12.5. The van der Waals surface area contributed by atoms with E-state index in [1.165, 1.54) is 0 Å². The molecule has 1 aromatic carbocycles. The van der Waals surface area contributed by atoms with Crippen molar-refractivity contribution in [3.05, 3.63) is 29.8 Å². The number of hydrogen-bond donors (Lipinski definition) is 1. The molecule has 0 atom stereocenters. The fraction of sp³-hybridized carbons (Fsp3) is 0.533. The number of benzene rings is 1. The van der Waals surface area contributed by atoms with E-state index in [0.717, 1.165) is 11.3 Å². The summed E-state index contributed by atoms with van der Waals surface area (Å²) < 4.78 is 0. The Labute approximate surface area is 115 Å². The Kier molecular flexibility index (Phi) is 4.95. The van der Waals surface area contributed by atoms with Crippen LogP contribution in [0.25, 0.3) is 0 Å². The van der Waals surface area contributed by atoms with Gasteiger partial charge in [-0.3, -0.25) is 9.69 Å². The molecule has 4 heteroatoms. The summed E-state index contributed by atoms with van der Waals surface area (Å²) in [7, 11) is 4.00. The smallest absolute Gasteiger partial charge is 0.323 e. The van der Waals surface area contributed by atoms with E-state index in [4.69, 9.17) is 0 Å². The van der Waals surface area contributed by atoms with E-state index in [-0.39, 0.29) is 0 Å². The van der Waals surface area contributed by atoms with Gasteiger partial charge in [0.1, 0.15) is 5.54 Å². The SMILES string of the molecule is CCN(Cc1ccc(N(C)C)cc1)C(C)(C)C(=O)O. The Morgan fingerprint density at radius 3 is 2.11 bits per heavy atom. The molecule has 0 fully saturated rings. The number of rotatable bonds is 6. The lowest BCUT2D eigenvalue weighted by Crippen LogP contribution is -2.49. The van der Waals surface area contributed by atoms with Crippen molar-refractivity contribution in [3.8, 4) is 0 Å². The lowest BCUT2D eigenvalue weighted by Gasteiger charge is -2.34. The monoisotopic (exact) mass is 264 g/mol. The molecule has 0 amide bonds. The lowest BCUT2D eigenvalue weighted by atomic mass is 10.0. The number of aliphatic carboxylic acids is 1. The highest BCUT2D eigenvalue weighted by Gasteiger charge is 2.33. The molecule has 0 spiro atoms. The molecule has 0 unspecified atom stereocenters. The Hall–Kier alpha value is -1.55. The van der Waals surface area contributed by atoms with Crippen molar-refractivity contribution in [1.29, 1.82) is 0 Å². The van der Waals surface area contributed by atoms with Crippen LogP contribution in [0.3, 0.4) is 0 Å². The molecule has 1 N–H and O–H groups in total. The van der Waals surface area contributed by atoms with Gasteiger partial charge in [0, 0.05) is 26.3 Å². The van der Waals surface area contributed by atoms with Crippen LogP contribution in [0.1, 0.15) is 26.3 Å². The van der Waals surface area contributed by atoms with Gasteiger partial charge in [-0.2, -0.15) is 0 Å². The zero-order chi connectivity index (χ0) is 14.6. The van der Waals surface area contributed by atoms with Gasteiger partial charge in [0.25, 0.3) is 0 Å². The highest BCUT2D eigenvalue weighted by Crippen LogP contribution is 2.19. The zero-order valence-electron chi connectivity index (χ0n) is 12.5. The molecule has 0 aromatic heterocycles. The molecule has 0 saturated heterocycles. The van der Waals surface area contributed by atoms with Gasteiger partial charge in [0.2, 0.25) is 0 Å². The van der Waals surface area contributed by atoms with E-state index in [0.29, 0.717) is 13.1 Å². The molecule has 4 nitrogen and oxygen atoms in total. The van der Waals surface area contributed by atoms with Gasteiger partial charge in [-0.05, 0) is 38.1 Å². The van der Waals surface area contributed by atoms with Crippen LogP contribution < -0.4 is 4.90 Å². The van der Waals surface area contributed by atoms with Gasteiger partial charge < -0.3 is 10.0 Å². The van der Waals surface area contributed by atoms with E-state index in [1.54, 1.807) is 13.8 Å². The molecule has 1 aromatic rings. The Bertz CT molecular complexity index is 424. The molecule has 0 heterocycles. The van der Waals surface area contributed by atoms with Crippen molar-refractivity contribution in [2.24, 2.45) is 0 Å². The Morgan fingerprint density at radius 2 is 1.74 bits per heavy atom. The minimum absolute atomic E-state index is 0.642. The molecule has 106 valence electrons. The standard InChI is InChI=1S/C15H24N2O2/c1-6-17(15(2,3)14(18)19)11-12-7-9-13(10-8-12)16(4)5/h7-10H,6,11H2,1-5H3,(H,18,19). The summed E-state index contributed by atoms with van der Waals surface area (Å²) in [5.74, 6) is -0.792. The number of likely N-dealkylation sites (N-methyl/N-ethyl adjacent to an activating group) is 1. The molecule has 0 saturated carbocycles. The fourth-order valence-corrected chi connectivity index (χ4v) is 1.96. The molecule has 0 aliphatic heterocycles. The number of anilines is 1. The highest BCUT2D eigenvalue weighted by atomic mass is 16.4. The minimum Gasteiger partial charge on any atom is -0.480 e. The van der Waals surface area contributed by atoms with Crippen LogP contribution in [0.2, 0.25) is 0 Å². The molecule has 19 heavy (non-hydrogen) atoms. The summed E-state index contributed by atoms with van der Waals surface area (Å²) in [6.07, 6.45) is 0. The fourth-order valence-electron chi connectivity index (χ4n) is 1.96. The Balaban J connectivity index is 2.84. The minimum atomic E-state index is -0.852. The molecule has 0 aliphatic rings. The van der Waals surface area contributed by atoms with Crippen LogP contribution in [0, 0.1) is 0 Å². The van der Waals surface area contributed by atoms with Crippen LogP contribution in [-0.4, -0.2) is 42.2 Å². The topological polar surface area (TPSA) is 43.8 Å². The normalized spacial score (nSPS) is 11.7. The van der Waals surface area contributed by atoms with Crippen molar-refractivity contribution in [2.45, 2.75) is 32.9 Å². The van der Waals surface area contributed by atoms with E-state index in [1.807, 2.05) is 30.8 Å². The van der Waals surface area contributed by atoms with Crippen molar-refractivity contribution < 1.29 is 9.90 Å². The van der Waals surface area contributed by atoms with Crippen molar-refractivity contribution >= 4 is 11.7 Å². The van der Waals surface area contributed by atoms with Crippen LogP contribution in [0.4, 0.5) is 5.69 Å². The van der Waals surface area contributed by atoms with Crippen LogP contribution in [0.5, 0.6) is 0 Å². The summed E-state index contributed by atoms with van der Waals surface area (Å²) >= 11 is 0. The molecule has 0 bridgehead atoms. The average Bonchev–Trinajstić information content (AvgIpc) is 2.35. The van der Waals surface area contributed by atoms with Gasteiger partial charge in [0.05, 0.1) is 0 Å². The summed E-state index contributed by atoms with van der Waals surface area (Å²) in [5.41, 5.74) is 1.42. The van der Waals surface area contributed by atoms with Gasteiger partial charge in [-0.1, -0.05) is 19.1 Å². The third-order valence-corrected chi connectivity index (χ3v) is 3.52. The maximum atomic E-state index is 11.3. The van der Waals surface area contributed by atoms with Crippen molar-refractivity contribution in [1.82, 2.24) is 4.90 Å². The van der Waals surface area contributed by atoms with Crippen molar-refractivity contribution in [2.75, 3.05) is 25.5 Å². The summed E-state index contributed by atoms with van der Waals surface area (Å²) in [6, 6.07) is 8.21. The van der Waals surface area contributed by atoms with E-state index >= 15 is 0 Å². The molecule has 0 aliphatic carbocycles. The van der Waals surface area contributed by atoms with Crippen molar-refractivity contribution in [3.63, 3.8) is 0 Å². The number of carbonyl (C=O) groups is 1. The third-order valence-electron chi connectivity index (χ3n) is 3.52. The number of hydrogen-bond acceptors (Lipinski definition) is 3. The highest BCUT2D eigenvalue weighted by molar-refractivity contribution is 5.77. The predicted molar refractivity (Wildman–Crippen MR) is 78.6 cm³/mol. The quantitative estimate of drug-likeness (QED) is 0.857. The maximum absolute atomic E-state index is 11.3. The first-order valence-corrected chi connectivity index (χ1v) is 6.53. The van der Waals surface area contributed by atoms with E-state index in [2.05, 4.69) is 24.3 Å². The molecular formula is C15H24N2O2. The van der Waals surface area contributed by atoms with Crippen LogP contribution in [0.15, 0.2) is 24.3 Å². The van der Waals surface area contributed by atoms with E-state index < -0.39 is 11.5 Å². The van der Waals surface area contributed by atoms with Gasteiger partial charge in [-0.25, -0.2) is 0 Å². The van der Waals surface area contributed by atoms with Crippen LogP contribution >= 0.6 is 0 Å². The second-order valence-electron chi connectivity index (χ2n) is 5.44. The lowest BCUT2D eigenvalue weighted by molar-refractivity contribution is -0.149. The van der Waals surface area contributed by atoms with Gasteiger partial charge in [-0.15, -0.1) is 0 Å². The molecule has 0 radical (unpaired) electrons.